The van der Waals surface area contributed by atoms with Crippen LogP contribution in [0.1, 0.15) is 39.5 Å². The summed E-state index contributed by atoms with van der Waals surface area (Å²) in [5.41, 5.74) is 0.554. The van der Waals surface area contributed by atoms with Crippen molar-refractivity contribution in [3.05, 3.63) is 64.4 Å². The van der Waals surface area contributed by atoms with Gasteiger partial charge in [0.15, 0.2) is 0 Å². The van der Waals surface area contributed by atoms with Gasteiger partial charge in [-0.1, -0.05) is 6.07 Å². The number of nitrogens with one attached hydrogen (secondary N) is 2. The largest absolute Gasteiger partial charge is 0.491 e. The van der Waals surface area contributed by atoms with Crippen molar-refractivity contribution >= 4 is 17.2 Å². The average molecular weight is 507 g/mol. The van der Waals surface area contributed by atoms with Crippen LogP contribution in [0.2, 0.25) is 0 Å². The minimum absolute atomic E-state index is 0.0982. The number of carbonyl (C=O) groups is 1. The highest BCUT2D eigenvalue weighted by molar-refractivity contribution is 7.14. The Bertz CT molecular complexity index is 1160. The lowest BCUT2D eigenvalue weighted by molar-refractivity contribution is -0.141. The maximum absolute atomic E-state index is 13.1. The van der Waals surface area contributed by atoms with Crippen molar-refractivity contribution in [2.75, 3.05) is 26.3 Å². The number of ether oxygens (including phenoxy) is 2. The fourth-order valence-electron chi connectivity index (χ4n) is 3.53. The second kappa shape index (κ2) is 10.7. The molecule has 3 aromatic rings. The third-order valence-corrected chi connectivity index (χ3v) is 6.36. The van der Waals surface area contributed by atoms with Gasteiger partial charge in [-0.05, 0) is 43.7 Å². The van der Waals surface area contributed by atoms with Crippen LogP contribution in [-0.2, 0) is 10.9 Å². The zero-order chi connectivity index (χ0) is 25.0. The van der Waals surface area contributed by atoms with Gasteiger partial charge in [-0.25, -0.2) is 4.98 Å². The molecule has 0 radical (unpaired) electrons. The van der Waals surface area contributed by atoms with Crippen LogP contribution >= 0.6 is 11.3 Å². The first-order valence-electron chi connectivity index (χ1n) is 11.1. The van der Waals surface area contributed by atoms with Crippen LogP contribution in [0.3, 0.4) is 0 Å². The molecule has 3 heterocycles. The smallest absolute Gasteiger partial charge is 0.433 e. The number of carbonyl (C=O) groups excluding carboxylic acids is 1. The molecule has 186 valence electrons. The topological polar surface area (TPSA) is 85.4 Å². The number of nitrogens with zero attached hydrogens (tertiary/aromatic N) is 2. The number of hydrogen-bond acceptors (Lipinski definition) is 7. The van der Waals surface area contributed by atoms with Gasteiger partial charge in [0, 0.05) is 41.5 Å². The predicted octanol–water partition coefficient (Wildman–Crippen LogP) is 4.39. The van der Waals surface area contributed by atoms with Gasteiger partial charge in [-0.3, -0.25) is 9.78 Å². The van der Waals surface area contributed by atoms with Crippen LogP contribution in [0.5, 0.6) is 5.75 Å². The highest BCUT2D eigenvalue weighted by Gasteiger charge is 2.32. The third-order valence-electron chi connectivity index (χ3n) is 5.40. The van der Waals surface area contributed by atoms with E-state index in [-0.39, 0.29) is 6.10 Å². The fraction of sp³-hybridized carbons (Fsp3) is 0.375. The van der Waals surface area contributed by atoms with Crippen molar-refractivity contribution in [3.63, 3.8) is 0 Å². The molecule has 0 spiro atoms. The van der Waals surface area contributed by atoms with Gasteiger partial charge in [0.2, 0.25) is 0 Å². The Hall–Kier alpha value is -3.02. The third kappa shape index (κ3) is 6.56. The van der Waals surface area contributed by atoms with Crippen molar-refractivity contribution < 1.29 is 27.4 Å². The molecule has 1 amide bonds. The van der Waals surface area contributed by atoms with Crippen LogP contribution < -0.4 is 15.4 Å². The molecule has 11 heteroatoms. The number of morpholine rings is 1. The van der Waals surface area contributed by atoms with E-state index < -0.39 is 23.8 Å². The maximum atomic E-state index is 13.1. The lowest BCUT2D eigenvalue weighted by atomic mass is 10.1. The molecule has 4 rings (SSSR count). The van der Waals surface area contributed by atoms with Gasteiger partial charge in [-0.2, -0.15) is 13.2 Å². The Morgan fingerprint density at radius 1 is 1.29 bits per heavy atom. The van der Waals surface area contributed by atoms with E-state index in [2.05, 4.69) is 20.6 Å². The number of alkyl halides is 3. The molecule has 1 aliphatic rings. The lowest BCUT2D eigenvalue weighted by Crippen LogP contribution is -2.41. The van der Waals surface area contributed by atoms with E-state index >= 15 is 0 Å². The summed E-state index contributed by atoms with van der Waals surface area (Å²) in [6.45, 7) is 6.03. The first-order valence-corrected chi connectivity index (χ1v) is 11.9. The van der Waals surface area contributed by atoms with Gasteiger partial charge in [-0.15, -0.1) is 11.3 Å². The standard InChI is InChI=1S/C24H25F3N4O3S/c1-14-10-30-23(35-14)18-7-17(8-19(9-18)34-13-20-12-28-5-6-33-20)22(32)31-15(2)16-3-4-21(29-11-16)24(25,26)27/h3-4,7-11,15,20,28H,5-6,12-13H2,1-2H3,(H,31,32)/t15-,20-/m1/s1. The molecule has 1 saturated heterocycles. The summed E-state index contributed by atoms with van der Waals surface area (Å²) < 4.78 is 50.0. The summed E-state index contributed by atoms with van der Waals surface area (Å²) in [6, 6.07) is 6.83. The van der Waals surface area contributed by atoms with Gasteiger partial charge in [0.1, 0.15) is 29.2 Å². The highest BCUT2D eigenvalue weighted by atomic mass is 32.1. The van der Waals surface area contributed by atoms with E-state index in [0.717, 1.165) is 34.3 Å². The normalized spacial score (nSPS) is 17.1. The zero-order valence-electron chi connectivity index (χ0n) is 19.2. The van der Waals surface area contributed by atoms with Gasteiger partial charge in [0.05, 0.1) is 12.6 Å². The van der Waals surface area contributed by atoms with Crippen molar-refractivity contribution in [2.45, 2.75) is 32.2 Å². The van der Waals surface area contributed by atoms with E-state index in [1.165, 1.54) is 17.4 Å². The van der Waals surface area contributed by atoms with E-state index in [1.807, 2.05) is 13.0 Å². The fourth-order valence-corrected chi connectivity index (χ4v) is 4.29. The monoisotopic (exact) mass is 506 g/mol. The molecular weight excluding hydrogens is 481 g/mol. The Balaban J connectivity index is 1.52. The molecule has 1 fully saturated rings. The SMILES string of the molecule is Cc1cnc(-c2cc(OC[C@H]3CNCCO3)cc(C(=O)N[C@H](C)c3ccc(C(F)(F)F)nc3)c2)s1. The summed E-state index contributed by atoms with van der Waals surface area (Å²) in [6.07, 6.45) is -1.74. The summed E-state index contributed by atoms with van der Waals surface area (Å²) in [5.74, 6) is 0.103. The number of hydrogen-bond donors (Lipinski definition) is 2. The number of pyridine rings is 1. The lowest BCUT2D eigenvalue weighted by Gasteiger charge is -2.23. The van der Waals surface area contributed by atoms with Crippen molar-refractivity contribution in [2.24, 2.45) is 0 Å². The molecule has 0 aliphatic carbocycles. The first-order chi connectivity index (χ1) is 16.7. The summed E-state index contributed by atoms with van der Waals surface area (Å²) in [4.78, 5) is 22.0. The van der Waals surface area contributed by atoms with Crippen molar-refractivity contribution in [1.29, 1.82) is 0 Å². The molecule has 1 aromatic carbocycles. The molecule has 35 heavy (non-hydrogen) atoms. The van der Waals surface area contributed by atoms with E-state index in [1.54, 1.807) is 25.3 Å². The molecule has 2 N–H and O–H groups in total. The Labute approximate surface area is 204 Å². The van der Waals surface area contributed by atoms with Crippen LogP contribution in [0, 0.1) is 6.92 Å². The molecule has 0 unspecified atom stereocenters. The molecule has 0 bridgehead atoms. The maximum Gasteiger partial charge on any atom is 0.433 e. The number of aromatic nitrogens is 2. The minimum atomic E-state index is -4.52. The minimum Gasteiger partial charge on any atom is -0.491 e. The average Bonchev–Trinajstić information content (AvgIpc) is 3.29. The Morgan fingerprint density at radius 3 is 2.74 bits per heavy atom. The number of thiazole rings is 1. The van der Waals surface area contributed by atoms with Crippen LogP contribution in [0.25, 0.3) is 10.6 Å². The highest BCUT2D eigenvalue weighted by Crippen LogP contribution is 2.30. The first kappa shape index (κ1) is 25.1. The summed E-state index contributed by atoms with van der Waals surface area (Å²) >= 11 is 1.50. The second-order valence-electron chi connectivity index (χ2n) is 8.20. The molecule has 7 nitrogen and oxygen atoms in total. The van der Waals surface area contributed by atoms with Crippen LogP contribution in [-0.4, -0.2) is 48.3 Å². The number of aryl methyl sites for hydroxylation is 1. The van der Waals surface area contributed by atoms with E-state index in [0.29, 0.717) is 36.6 Å². The molecule has 2 atom stereocenters. The van der Waals surface area contributed by atoms with Gasteiger partial charge < -0.3 is 20.1 Å². The molecular formula is C24H25F3N4O3S. The Morgan fingerprint density at radius 2 is 2.11 bits per heavy atom. The van der Waals surface area contributed by atoms with Crippen LogP contribution in [0.15, 0.2) is 42.7 Å². The summed E-state index contributed by atoms with van der Waals surface area (Å²) in [7, 11) is 0. The second-order valence-corrected chi connectivity index (χ2v) is 9.43. The summed E-state index contributed by atoms with van der Waals surface area (Å²) in [5, 5.41) is 6.81. The number of amides is 1. The van der Waals surface area contributed by atoms with Crippen molar-refractivity contribution in [3.8, 4) is 16.3 Å². The molecule has 0 saturated carbocycles. The number of benzene rings is 1. The zero-order valence-corrected chi connectivity index (χ0v) is 20.0. The predicted molar refractivity (Wildman–Crippen MR) is 126 cm³/mol. The molecule has 1 aliphatic heterocycles. The van der Waals surface area contributed by atoms with E-state index in [9.17, 15) is 18.0 Å². The van der Waals surface area contributed by atoms with Gasteiger partial charge in [0.25, 0.3) is 5.91 Å². The molecule has 2 aromatic heterocycles. The Kier molecular flexibility index (Phi) is 7.68. The van der Waals surface area contributed by atoms with Crippen LogP contribution in [0.4, 0.5) is 13.2 Å². The van der Waals surface area contributed by atoms with Crippen molar-refractivity contribution in [1.82, 2.24) is 20.6 Å². The van der Waals surface area contributed by atoms with Gasteiger partial charge >= 0.3 is 6.18 Å². The number of halogens is 3. The quantitative estimate of drug-likeness (QED) is 0.495. The van der Waals surface area contributed by atoms with E-state index in [4.69, 9.17) is 9.47 Å². The number of rotatable bonds is 7.